The van der Waals surface area contributed by atoms with Gasteiger partial charge in [0.2, 0.25) is 0 Å². The molecule has 1 aromatic carbocycles. The predicted octanol–water partition coefficient (Wildman–Crippen LogP) is 2.74. The zero-order valence-corrected chi connectivity index (χ0v) is 11.6. The lowest BCUT2D eigenvalue weighted by molar-refractivity contribution is 0.259. The van der Waals surface area contributed by atoms with Crippen LogP contribution in [0.15, 0.2) is 36.5 Å². The highest BCUT2D eigenvalue weighted by Gasteiger charge is 2.24. The van der Waals surface area contributed by atoms with E-state index in [9.17, 15) is 0 Å². The van der Waals surface area contributed by atoms with Gasteiger partial charge in [0.25, 0.3) is 0 Å². The number of para-hydroxylation sites is 1. The highest BCUT2D eigenvalue weighted by atomic mass is 16.5. The van der Waals surface area contributed by atoms with Gasteiger partial charge in [-0.3, -0.25) is 0 Å². The smallest absolute Gasteiger partial charge is 0.125 e. The number of fused-ring (bicyclic) bond motifs is 1. The third-order valence-corrected chi connectivity index (χ3v) is 3.80. The minimum absolute atomic E-state index is 0.0622. The molecule has 4 heteroatoms. The first-order chi connectivity index (χ1) is 9.74. The van der Waals surface area contributed by atoms with Crippen LogP contribution in [0.5, 0.6) is 5.75 Å². The molecule has 2 aromatic rings. The third-order valence-electron chi connectivity index (χ3n) is 3.80. The van der Waals surface area contributed by atoms with E-state index in [2.05, 4.69) is 22.1 Å². The molecule has 0 amide bonds. The van der Waals surface area contributed by atoms with Crippen molar-refractivity contribution in [3.05, 3.63) is 53.6 Å². The van der Waals surface area contributed by atoms with Crippen molar-refractivity contribution in [3.8, 4) is 5.75 Å². The summed E-state index contributed by atoms with van der Waals surface area (Å²) in [6.45, 7) is 2.65. The summed E-state index contributed by atoms with van der Waals surface area (Å²) in [6, 6.07) is 10.1. The predicted molar refractivity (Wildman–Crippen MR) is 77.6 cm³/mol. The van der Waals surface area contributed by atoms with Crippen LogP contribution in [0, 0.1) is 6.92 Å². The van der Waals surface area contributed by atoms with Crippen LogP contribution in [0.25, 0.3) is 0 Å². The normalized spacial score (nSPS) is 19.0. The summed E-state index contributed by atoms with van der Waals surface area (Å²) in [5, 5.41) is 0. The molecular weight excluding hydrogens is 250 g/mol. The van der Waals surface area contributed by atoms with Crippen LogP contribution in [-0.4, -0.2) is 16.6 Å². The average Bonchev–Trinajstić information content (AvgIpc) is 2.47. The van der Waals surface area contributed by atoms with E-state index in [1.165, 1.54) is 5.56 Å². The second-order valence-electron chi connectivity index (χ2n) is 5.24. The highest BCUT2D eigenvalue weighted by molar-refractivity contribution is 5.38. The lowest BCUT2D eigenvalue weighted by atomic mass is 9.87. The van der Waals surface area contributed by atoms with E-state index in [1.54, 1.807) is 6.20 Å². The van der Waals surface area contributed by atoms with Crippen LogP contribution in [0.1, 0.15) is 41.9 Å². The first-order valence-corrected chi connectivity index (χ1v) is 7.01. The first-order valence-electron chi connectivity index (χ1n) is 7.01. The fraction of sp³-hybridized carbons (Fsp3) is 0.375. The molecule has 1 aliphatic heterocycles. The number of nitrogens with zero attached hydrogens (tertiary/aromatic N) is 2. The molecule has 2 unspecified atom stereocenters. The van der Waals surface area contributed by atoms with Crippen molar-refractivity contribution in [1.82, 2.24) is 9.97 Å². The molecule has 0 spiro atoms. The van der Waals surface area contributed by atoms with Gasteiger partial charge in [-0.1, -0.05) is 18.2 Å². The van der Waals surface area contributed by atoms with Crippen molar-refractivity contribution in [2.24, 2.45) is 5.73 Å². The Morgan fingerprint density at radius 1 is 1.35 bits per heavy atom. The first kappa shape index (κ1) is 13.1. The third kappa shape index (κ3) is 2.65. The maximum atomic E-state index is 6.32. The van der Waals surface area contributed by atoms with Crippen molar-refractivity contribution in [2.75, 3.05) is 6.61 Å². The van der Waals surface area contributed by atoms with Gasteiger partial charge in [-0.2, -0.15) is 0 Å². The molecule has 0 saturated heterocycles. The lowest BCUT2D eigenvalue weighted by Crippen LogP contribution is -2.21. The van der Waals surface area contributed by atoms with Gasteiger partial charge in [-0.25, -0.2) is 9.97 Å². The standard InChI is InChI=1S/C16H19N3O/c1-11-18-8-6-15(19-11)14(17)10-12-7-9-20-16-5-3-2-4-13(12)16/h2-6,8,12,14H,7,9-10,17H2,1H3. The molecule has 0 radical (unpaired) electrons. The SMILES string of the molecule is Cc1nccc(C(N)CC2CCOc3ccccc32)n1. The molecular formula is C16H19N3O. The van der Waals surface area contributed by atoms with Crippen LogP contribution in [0.2, 0.25) is 0 Å². The summed E-state index contributed by atoms with van der Waals surface area (Å²) >= 11 is 0. The van der Waals surface area contributed by atoms with E-state index in [1.807, 2.05) is 25.1 Å². The van der Waals surface area contributed by atoms with E-state index in [4.69, 9.17) is 10.5 Å². The second kappa shape index (κ2) is 5.59. The van der Waals surface area contributed by atoms with Crippen LogP contribution < -0.4 is 10.5 Å². The number of benzene rings is 1. The topological polar surface area (TPSA) is 61.0 Å². The molecule has 1 aliphatic rings. The number of hydrogen-bond donors (Lipinski definition) is 1. The van der Waals surface area contributed by atoms with Crippen LogP contribution in [0.3, 0.4) is 0 Å². The van der Waals surface area contributed by atoms with Gasteiger partial charge in [0.1, 0.15) is 11.6 Å². The summed E-state index contributed by atoms with van der Waals surface area (Å²) in [6.07, 6.45) is 3.67. The quantitative estimate of drug-likeness (QED) is 0.930. The molecule has 0 bridgehead atoms. The van der Waals surface area contributed by atoms with E-state index in [-0.39, 0.29) is 6.04 Å². The summed E-state index contributed by atoms with van der Waals surface area (Å²) in [5.41, 5.74) is 8.50. The number of hydrogen-bond acceptors (Lipinski definition) is 4. The zero-order valence-electron chi connectivity index (χ0n) is 11.6. The number of rotatable bonds is 3. The van der Waals surface area contributed by atoms with Crippen molar-refractivity contribution in [3.63, 3.8) is 0 Å². The van der Waals surface area contributed by atoms with Crippen molar-refractivity contribution >= 4 is 0 Å². The van der Waals surface area contributed by atoms with Gasteiger partial charge in [0.15, 0.2) is 0 Å². The highest BCUT2D eigenvalue weighted by Crippen LogP contribution is 2.37. The molecule has 2 N–H and O–H groups in total. The van der Waals surface area contributed by atoms with Gasteiger partial charge in [-0.05, 0) is 43.4 Å². The Morgan fingerprint density at radius 2 is 2.20 bits per heavy atom. The Balaban J connectivity index is 1.79. The largest absolute Gasteiger partial charge is 0.493 e. The van der Waals surface area contributed by atoms with Gasteiger partial charge in [0, 0.05) is 12.2 Å². The molecule has 20 heavy (non-hydrogen) atoms. The monoisotopic (exact) mass is 269 g/mol. The molecule has 3 rings (SSSR count). The Labute approximate surface area is 119 Å². The Morgan fingerprint density at radius 3 is 3.05 bits per heavy atom. The Bertz CT molecular complexity index is 600. The fourth-order valence-electron chi connectivity index (χ4n) is 2.77. The minimum atomic E-state index is -0.0622. The number of aromatic nitrogens is 2. The van der Waals surface area contributed by atoms with Crippen molar-refractivity contribution in [2.45, 2.75) is 31.7 Å². The maximum absolute atomic E-state index is 6.32. The number of aryl methyl sites for hydroxylation is 1. The molecule has 0 fully saturated rings. The lowest BCUT2D eigenvalue weighted by Gasteiger charge is -2.27. The van der Waals surface area contributed by atoms with Gasteiger partial charge in [0.05, 0.1) is 12.3 Å². The van der Waals surface area contributed by atoms with Crippen molar-refractivity contribution in [1.29, 1.82) is 0 Å². The van der Waals surface area contributed by atoms with E-state index in [0.717, 1.165) is 36.7 Å². The molecule has 1 aromatic heterocycles. The summed E-state index contributed by atoms with van der Waals surface area (Å²) in [7, 11) is 0. The summed E-state index contributed by atoms with van der Waals surface area (Å²) < 4.78 is 5.69. The second-order valence-corrected chi connectivity index (χ2v) is 5.24. The summed E-state index contributed by atoms with van der Waals surface area (Å²) in [4.78, 5) is 8.55. The average molecular weight is 269 g/mol. The van der Waals surface area contributed by atoms with Crippen LogP contribution in [0.4, 0.5) is 0 Å². The molecule has 0 aliphatic carbocycles. The van der Waals surface area contributed by atoms with Crippen LogP contribution in [-0.2, 0) is 0 Å². The maximum Gasteiger partial charge on any atom is 0.125 e. The summed E-state index contributed by atoms with van der Waals surface area (Å²) in [5.74, 6) is 2.20. The number of ether oxygens (including phenoxy) is 1. The molecule has 104 valence electrons. The van der Waals surface area contributed by atoms with E-state index >= 15 is 0 Å². The van der Waals surface area contributed by atoms with Gasteiger partial charge in [-0.15, -0.1) is 0 Å². The zero-order chi connectivity index (χ0) is 13.9. The fourth-order valence-corrected chi connectivity index (χ4v) is 2.77. The minimum Gasteiger partial charge on any atom is -0.493 e. The molecule has 2 atom stereocenters. The van der Waals surface area contributed by atoms with Gasteiger partial charge < -0.3 is 10.5 Å². The van der Waals surface area contributed by atoms with Crippen molar-refractivity contribution < 1.29 is 4.74 Å². The Hall–Kier alpha value is -1.94. The Kier molecular flexibility index (Phi) is 3.65. The molecule has 2 heterocycles. The van der Waals surface area contributed by atoms with Gasteiger partial charge >= 0.3 is 0 Å². The van der Waals surface area contributed by atoms with E-state index < -0.39 is 0 Å². The molecule has 4 nitrogen and oxygen atoms in total. The molecule has 0 saturated carbocycles. The number of nitrogens with two attached hydrogens (primary N) is 1. The van der Waals surface area contributed by atoms with Crippen LogP contribution >= 0.6 is 0 Å². The van der Waals surface area contributed by atoms with E-state index in [0.29, 0.717) is 5.92 Å².